The molecule has 9 heteroatoms. The lowest BCUT2D eigenvalue weighted by Crippen LogP contribution is -2.58. The highest BCUT2D eigenvalue weighted by molar-refractivity contribution is 5.88. The van der Waals surface area contributed by atoms with Crippen LogP contribution in [0.2, 0.25) is 0 Å². The van der Waals surface area contributed by atoms with Gasteiger partial charge in [0.2, 0.25) is 0 Å². The molecule has 3 atom stereocenters. The summed E-state index contributed by atoms with van der Waals surface area (Å²) in [5.74, 6) is 0. The summed E-state index contributed by atoms with van der Waals surface area (Å²) in [6, 6.07) is 13.6. The highest BCUT2D eigenvalue weighted by Gasteiger charge is 2.36. The molecule has 2 aliphatic heterocycles. The third kappa shape index (κ3) is 5.80. The van der Waals surface area contributed by atoms with Crippen LogP contribution >= 0.6 is 0 Å². The topological polar surface area (TPSA) is 88.5 Å². The molecule has 0 spiro atoms. The molecule has 0 amide bonds. The van der Waals surface area contributed by atoms with E-state index in [4.69, 9.17) is 14.6 Å². The molecule has 40 heavy (non-hydrogen) atoms. The van der Waals surface area contributed by atoms with E-state index >= 15 is 0 Å². The molecule has 2 fully saturated rings. The lowest BCUT2D eigenvalue weighted by Gasteiger charge is -2.49. The maximum absolute atomic E-state index is 12.9. The lowest BCUT2D eigenvalue weighted by atomic mass is 9.96. The van der Waals surface area contributed by atoms with Gasteiger partial charge in [0, 0.05) is 57.5 Å². The van der Waals surface area contributed by atoms with Gasteiger partial charge >= 0.3 is 0 Å². The van der Waals surface area contributed by atoms with Crippen molar-refractivity contribution in [1.29, 1.82) is 5.26 Å². The molecule has 3 aromatic rings. The van der Waals surface area contributed by atoms with Crippen molar-refractivity contribution in [2.45, 2.75) is 83.8 Å². The van der Waals surface area contributed by atoms with Crippen LogP contribution in [-0.4, -0.2) is 63.7 Å². The van der Waals surface area contributed by atoms with E-state index in [0.29, 0.717) is 18.8 Å². The van der Waals surface area contributed by atoms with Crippen molar-refractivity contribution in [2.24, 2.45) is 7.05 Å². The Morgan fingerprint density at radius 1 is 1.12 bits per heavy atom. The first-order chi connectivity index (χ1) is 19.4. The second-order valence-corrected chi connectivity index (χ2v) is 11.2. The number of piperazine rings is 1. The second kappa shape index (κ2) is 12.5. The van der Waals surface area contributed by atoms with Crippen LogP contribution in [0.1, 0.15) is 63.6 Å². The molecule has 2 aromatic heterocycles. The Morgan fingerprint density at radius 2 is 1.85 bits per heavy atom. The van der Waals surface area contributed by atoms with Crippen LogP contribution in [0.4, 0.5) is 5.69 Å². The van der Waals surface area contributed by atoms with Gasteiger partial charge in [0.15, 0.2) is 0 Å². The van der Waals surface area contributed by atoms with Gasteiger partial charge in [-0.15, -0.1) is 0 Å². The third-order valence-corrected chi connectivity index (χ3v) is 8.77. The Hall–Kier alpha value is -3.19. The molecule has 2 saturated heterocycles. The van der Waals surface area contributed by atoms with Crippen LogP contribution in [0.25, 0.3) is 11.0 Å². The van der Waals surface area contributed by atoms with Gasteiger partial charge in [-0.1, -0.05) is 38.1 Å². The number of fused-ring (bicyclic) bond motifs is 1. The zero-order chi connectivity index (χ0) is 28.2. The largest absolute Gasteiger partial charge is 0.381 e. The van der Waals surface area contributed by atoms with Crippen LogP contribution in [0.15, 0.2) is 41.3 Å². The summed E-state index contributed by atoms with van der Waals surface area (Å²) < 4.78 is 14.8. The van der Waals surface area contributed by atoms with Gasteiger partial charge in [-0.3, -0.25) is 14.4 Å². The number of pyridine rings is 1. The number of rotatable bonds is 9. The van der Waals surface area contributed by atoms with E-state index in [1.54, 1.807) is 28.6 Å². The Labute approximate surface area is 236 Å². The summed E-state index contributed by atoms with van der Waals surface area (Å²) in [5.41, 5.74) is 4.88. The highest BCUT2D eigenvalue weighted by atomic mass is 16.5. The fraction of sp³-hybridized carbons (Fsp3) is 0.581. The fourth-order valence-electron chi connectivity index (χ4n) is 6.21. The Bertz CT molecular complexity index is 1390. The van der Waals surface area contributed by atoms with E-state index in [0.717, 1.165) is 68.7 Å². The molecule has 0 saturated carbocycles. The van der Waals surface area contributed by atoms with Crippen molar-refractivity contribution in [2.75, 3.05) is 31.2 Å². The zero-order valence-corrected chi connectivity index (χ0v) is 24.3. The van der Waals surface area contributed by atoms with Gasteiger partial charge in [0.25, 0.3) is 5.56 Å². The minimum absolute atomic E-state index is 0.0569. The molecule has 2 aliphatic rings. The van der Waals surface area contributed by atoms with Gasteiger partial charge in [-0.25, -0.2) is 0 Å². The van der Waals surface area contributed by atoms with Crippen molar-refractivity contribution in [3.63, 3.8) is 0 Å². The summed E-state index contributed by atoms with van der Waals surface area (Å²) in [6.45, 7) is 10.9. The average Bonchev–Trinajstić information content (AvgIpc) is 3.42. The SMILES string of the molecule is CC[C@H]1CN(C(C)c2ccc(COC3CCOCC3)cc2)[C@H](CC)CN1c1cc(=O)n(C)c2cn(CC#N)nc12. The minimum atomic E-state index is -0.0569. The standard InChI is InChI=1S/C31H42N6O3/c1-5-25-19-37(28-17-30(38)34(4)29-20-35(14-13-32)33-31(28)29)26(6-2)18-36(25)22(3)24-9-7-23(8-10-24)21-40-27-11-15-39-16-12-27/h7-10,17,20,22,25-27H,5-6,11-12,14-16,18-19,21H2,1-4H3/t22?,25-,26+/m1/s1. The highest BCUT2D eigenvalue weighted by Crippen LogP contribution is 2.34. The van der Waals surface area contributed by atoms with Gasteiger partial charge < -0.3 is 18.9 Å². The molecule has 0 aliphatic carbocycles. The van der Waals surface area contributed by atoms with E-state index in [2.05, 4.69) is 60.9 Å². The predicted octanol–water partition coefficient (Wildman–Crippen LogP) is 4.39. The molecule has 5 rings (SSSR count). The number of aryl methyl sites for hydroxylation is 1. The lowest BCUT2D eigenvalue weighted by molar-refractivity contribution is -0.0390. The van der Waals surface area contributed by atoms with Crippen molar-refractivity contribution in [3.05, 3.63) is 58.0 Å². The third-order valence-electron chi connectivity index (χ3n) is 8.77. The van der Waals surface area contributed by atoms with E-state index in [-0.39, 0.29) is 24.2 Å². The summed E-state index contributed by atoms with van der Waals surface area (Å²) in [7, 11) is 1.76. The van der Waals surface area contributed by atoms with Crippen LogP contribution in [0.5, 0.6) is 0 Å². The van der Waals surface area contributed by atoms with Crippen LogP contribution in [0.3, 0.4) is 0 Å². The molecule has 214 valence electrons. The number of aromatic nitrogens is 3. The van der Waals surface area contributed by atoms with Crippen LogP contribution in [0, 0.1) is 11.3 Å². The Balaban J connectivity index is 1.34. The van der Waals surface area contributed by atoms with Crippen molar-refractivity contribution in [3.8, 4) is 6.07 Å². The van der Waals surface area contributed by atoms with Crippen molar-refractivity contribution < 1.29 is 9.47 Å². The van der Waals surface area contributed by atoms with Crippen molar-refractivity contribution in [1.82, 2.24) is 19.2 Å². The van der Waals surface area contributed by atoms with Crippen LogP contribution < -0.4 is 10.5 Å². The molecule has 0 N–H and O–H groups in total. The Morgan fingerprint density at radius 3 is 2.52 bits per heavy atom. The number of nitrogens with zero attached hydrogens (tertiary/aromatic N) is 6. The molecule has 0 bridgehead atoms. The normalized spacial score (nSPS) is 21.5. The fourth-order valence-corrected chi connectivity index (χ4v) is 6.21. The first-order valence-corrected chi connectivity index (χ1v) is 14.7. The molecule has 4 heterocycles. The van der Waals surface area contributed by atoms with Crippen molar-refractivity contribution >= 4 is 16.7 Å². The van der Waals surface area contributed by atoms with Gasteiger partial charge in [0.1, 0.15) is 12.1 Å². The van der Waals surface area contributed by atoms with E-state index in [1.165, 1.54) is 11.1 Å². The maximum atomic E-state index is 12.9. The monoisotopic (exact) mass is 546 g/mol. The summed E-state index contributed by atoms with van der Waals surface area (Å²) in [6.07, 6.45) is 6.01. The second-order valence-electron chi connectivity index (χ2n) is 11.2. The molecule has 1 aromatic carbocycles. The maximum Gasteiger partial charge on any atom is 0.252 e. The number of ether oxygens (including phenoxy) is 2. The minimum Gasteiger partial charge on any atom is -0.381 e. The molecule has 0 radical (unpaired) electrons. The van der Waals surface area contributed by atoms with E-state index in [1.807, 2.05) is 0 Å². The number of hydrogen-bond acceptors (Lipinski definition) is 7. The van der Waals surface area contributed by atoms with Crippen LogP contribution in [-0.2, 0) is 29.7 Å². The summed E-state index contributed by atoms with van der Waals surface area (Å²) in [4.78, 5) is 18.0. The van der Waals surface area contributed by atoms with Gasteiger partial charge in [-0.05, 0) is 43.7 Å². The van der Waals surface area contributed by atoms with E-state index < -0.39 is 0 Å². The number of benzene rings is 1. The smallest absolute Gasteiger partial charge is 0.252 e. The van der Waals surface area contributed by atoms with E-state index in [9.17, 15) is 10.1 Å². The predicted molar refractivity (Wildman–Crippen MR) is 156 cm³/mol. The molecule has 1 unspecified atom stereocenters. The Kier molecular flexibility index (Phi) is 8.89. The number of hydrogen-bond donors (Lipinski definition) is 0. The van der Waals surface area contributed by atoms with Gasteiger partial charge in [0.05, 0.1) is 36.2 Å². The molecular formula is C31H42N6O3. The summed E-state index contributed by atoms with van der Waals surface area (Å²) in [5, 5.41) is 13.9. The molecular weight excluding hydrogens is 504 g/mol. The first-order valence-electron chi connectivity index (χ1n) is 14.7. The zero-order valence-electron chi connectivity index (χ0n) is 24.3. The van der Waals surface area contributed by atoms with Gasteiger partial charge in [-0.2, -0.15) is 10.4 Å². The average molecular weight is 547 g/mol. The number of anilines is 1. The summed E-state index contributed by atoms with van der Waals surface area (Å²) >= 11 is 0. The molecule has 9 nitrogen and oxygen atoms in total. The quantitative estimate of drug-likeness (QED) is 0.393. The first kappa shape index (κ1) is 28.3. The number of nitriles is 1.